The van der Waals surface area contributed by atoms with Crippen LogP contribution in [0.25, 0.3) is 0 Å². The summed E-state index contributed by atoms with van der Waals surface area (Å²) in [4.78, 5) is 29.7. The van der Waals surface area contributed by atoms with E-state index in [0.717, 1.165) is 0 Å². The van der Waals surface area contributed by atoms with Gasteiger partial charge in [-0.15, -0.1) is 10.3 Å². The Kier molecular flexibility index (Phi) is 4.13. The van der Waals surface area contributed by atoms with Crippen LogP contribution in [0.3, 0.4) is 0 Å². The summed E-state index contributed by atoms with van der Waals surface area (Å²) in [6.07, 6.45) is 4.88. The molecule has 0 aliphatic heterocycles. The average molecular weight is 305 g/mol. The van der Waals surface area contributed by atoms with Gasteiger partial charge in [-0.2, -0.15) is 0 Å². The zero-order valence-corrected chi connectivity index (χ0v) is 11.6. The van der Waals surface area contributed by atoms with Gasteiger partial charge < -0.3 is 4.18 Å². The highest BCUT2D eigenvalue weighted by atomic mass is 32.3. The zero-order valence-electron chi connectivity index (χ0n) is 10.8. The highest BCUT2D eigenvalue weighted by Crippen LogP contribution is 2.48. The highest BCUT2D eigenvalue weighted by molar-refractivity contribution is 8.28. The molecule has 0 atom stereocenters. The van der Waals surface area contributed by atoms with Crippen LogP contribution in [0, 0.1) is 30.3 Å². The number of nitro groups is 3. The number of hydrogen-bond acceptors (Lipinski definition) is 7. The standard InChI is InChI=1S/C9H11N3O7S/c1-20(2,3)19-9-7(11(15)16)4-6(10(13)14)5-8(9)12(17)18/h4-5H,1-3H3. The molecule has 0 aliphatic carbocycles. The third kappa shape index (κ3) is 3.54. The summed E-state index contributed by atoms with van der Waals surface area (Å²) < 4.78 is 5.30. The van der Waals surface area contributed by atoms with E-state index in [2.05, 4.69) is 0 Å². The molecule has 0 bridgehead atoms. The quantitative estimate of drug-likeness (QED) is 0.601. The van der Waals surface area contributed by atoms with Crippen LogP contribution < -0.4 is 4.18 Å². The highest BCUT2D eigenvalue weighted by Gasteiger charge is 2.33. The first kappa shape index (κ1) is 15.6. The summed E-state index contributed by atoms with van der Waals surface area (Å²) in [6, 6.07) is 1.29. The Morgan fingerprint density at radius 2 is 1.30 bits per heavy atom. The van der Waals surface area contributed by atoms with Crippen LogP contribution in [0.15, 0.2) is 12.1 Å². The van der Waals surface area contributed by atoms with Gasteiger partial charge in [-0.25, -0.2) is 0 Å². The van der Waals surface area contributed by atoms with E-state index < -0.39 is 47.9 Å². The van der Waals surface area contributed by atoms with Gasteiger partial charge in [-0.1, -0.05) is 0 Å². The molecule has 0 fully saturated rings. The van der Waals surface area contributed by atoms with Crippen LogP contribution in [0.1, 0.15) is 0 Å². The second kappa shape index (κ2) is 5.28. The van der Waals surface area contributed by atoms with Crippen molar-refractivity contribution in [3.05, 3.63) is 42.5 Å². The van der Waals surface area contributed by atoms with Crippen molar-refractivity contribution in [3.63, 3.8) is 0 Å². The van der Waals surface area contributed by atoms with Crippen molar-refractivity contribution < 1.29 is 19.0 Å². The number of rotatable bonds is 5. The van der Waals surface area contributed by atoms with Crippen LogP contribution in [0.4, 0.5) is 17.1 Å². The normalized spacial score (nSPS) is 11.8. The molecule has 110 valence electrons. The molecule has 0 aromatic heterocycles. The minimum absolute atomic E-state index is 0.562. The molecule has 1 rings (SSSR count). The maximum atomic E-state index is 10.9. The maximum absolute atomic E-state index is 10.9. The van der Waals surface area contributed by atoms with Gasteiger partial charge >= 0.3 is 11.4 Å². The molecule has 10 nitrogen and oxygen atoms in total. The maximum Gasteiger partial charge on any atom is 0.326 e. The lowest BCUT2D eigenvalue weighted by Gasteiger charge is -2.25. The van der Waals surface area contributed by atoms with E-state index in [1.54, 1.807) is 18.8 Å². The summed E-state index contributed by atoms with van der Waals surface area (Å²) in [5.74, 6) is -0.562. The van der Waals surface area contributed by atoms with Crippen LogP contribution >= 0.6 is 10.3 Å². The lowest BCUT2D eigenvalue weighted by molar-refractivity contribution is -0.403. The molecule has 0 heterocycles. The second-order valence-electron chi connectivity index (χ2n) is 4.39. The fourth-order valence-electron chi connectivity index (χ4n) is 1.30. The summed E-state index contributed by atoms with van der Waals surface area (Å²) in [5.41, 5.74) is -2.33. The van der Waals surface area contributed by atoms with Crippen LogP contribution in [0.5, 0.6) is 5.75 Å². The molecule has 1 aromatic carbocycles. The fraction of sp³-hybridized carbons (Fsp3) is 0.333. The van der Waals surface area contributed by atoms with E-state index in [1.807, 2.05) is 0 Å². The first-order valence-electron chi connectivity index (χ1n) is 5.02. The van der Waals surface area contributed by atoms with E-state index in [9.17, 15) is 30.3 Å². The number of nitro benzene ring substituents is 3. The average Bonchev–Trinajstić information content (AvgIpc) is 2.25. The minimum atomic E-state index is -1.80. The topological polar surface area (TPSA) is 139 Å². The SMILES string of the molecule is CS(C)(C)Oc1c([N+](=O)[O-])cc([N+](=O)[O-])cc1[N+](=O)[O-]. The van der Waals surface area contributed by atoms with Crippen molar-refractivity contribution in [2.75, 3.05) is 18.8 Å². The molecule has 0 unspecified atom stereocenters. The van der Waals surface area contributed by atoms with Crippen LogP contribution in [-0.2, 0) is 0 Å². The molecular weight excluding hydrogens is 294 g/mol. The van der Waals surface area contributed by atoms with Crippen molar-refractivity contribution in [1.82, 2.24) is 0 Å². The predicted molar refractivity (Wildman–Crippen MR) is 72.4 cm³/mol. The Morgan fingerprint density at radius 3 is 1.55 bits per heavy atom. The number of benzene rings is 1. The fourth-order valence-corrected chi connectivity index (χ4v) is 1.97. The smallest absolute Gasteiger partial charge is 0.326 e. The molecule has 0 amide bonds. The summed E-state index contributed by atoms with van der Waals surface area (Å²) >= 11 is 0. The minimum Gasteiger partial charge on any atom is -0.436 e. The third-order valence-electron chi connectivity index (χ3n) is 1.97. The Hall–Kier alpha value is -2.43. The van der Waals surface area contributed by atoms with E-state index in [1.165, 1.54) is 0 Å². The number of hydrogen-bond donors (Lipinski definition) is 0. The van der Waals surface area contributed by atoms with Crippen LogP contribution in [-0.4, -0.2) is 33.5 Å². The van der Waals surface area contributed by atoms with Crippen molar-refractivity contribution in [1.29, 1.82) is 0 Å². The Balaban J connectivity index is 3.64. The third-order valence-corrected chi connectivity index (χ3v) is 2.64. The van der Waals surface area contributed by atoms with Gasteiger partial charge in [0.2, 0.25) is 0 Å². The van der Waals surface area contributed by atoms with E-state index in [0.29, 0.717) is 12.1 Å². The second-order valence-corrected chi connectivity index (χ2v) is 8.01. The zero-order chi connectivity index (χ0) is 15.7. The lowest BCUT2D eigenvalue weighted by atomic mass is 10.2. The molecule has 0 spiro atoms. The van der Waals surface area contributed by atoms with Crippen LogP contribution in [0.2, 0.25) is 0 Å². The summed E-state index contributed by atoms with van der Waals surface area (Å²) in [7, 11) is -1.80. The van der Waals surface area contributed by atoms with E-state index in [4.69, 9.17) is 4.18 Å². The van der Waals surface area contributed by atoms with Gasteiger partial charge in [0.15, 0.2) is 0 Å². The Morgan fingerprint density at radius 1 is 0.900 bits per heavy atom. The molecule has 0 N–H and O–H groups in total. The van der Waals surface area contributed by atoms with Gasteiger partial charge in [0.1, 0.15) is 0 Å². The molecule has 0 saturated heterocycles. The van der Waals surface area contributed by atoms with Gasteiger partial charge in [-0.05, 0) is 18.8 Å². The Labute approximate surface area is 114 Å². The van der Waals surface area contributed by atoms with E-state index in [-0.39, 0.29) is 0 Å². The molecule has 0 saturated carbocycles. The van der Waals surface area contributed by atoms with Crippen molar-refractivity contribution in [2.45, 2.75) is 0 Å². The molecular formula is C9H11N3O7S. The monoisotopic (exact) mass is 305 g/mol. The number of nitrogens with zero attached hydrogens (tertiary/aromatic N) is 3. The molecule has 1 aromatic rings. The number of non-ortho nitro benzene ring substituents is 1. The Bertz CT molecular complexity index is 561. The van der Waals surface area contributed by atoms with E-state index >= 15 is 0 Å². The molecule has 0 radical (unpaired) electrons. The lowest BCUT2D eigenvalue weighted by Crippen LogP contribution is -2.07. The molecule has 11 heteroatoms. The summed E-state index contributed by atoms with van der Waals surface area (Å²) in [5, 5.41) is 32.6. The van der Waals surface area contributed by atoms with Gasteiger partial charge in [0, 0.05) is 0 Å². The summed E-state index contributed by atoms with van der Waals surface area (Å²) in [6.45, 7) is 0. The van der Waals surface area contributed by atoms with Gasteiger partial charge in [0.05, 0.1) is 26.9 Å². The van der Waals surface area contributed by atoms with Crippen molar-refractivity contribution in [2.24, 2.45) is 0 Å². The van der Waals surface area contributed by atoms with Gasteiger partial charge in [-0.3, -0.25) is 30.3 Å². The molecule has 0 aliphatic rings. The first-order chi connectivity index (χ1) is 9.03. The predicted octanol–water partition coefficient (Wildman–Crippen LogP) is 2.40. The molecule has 20 heavy (non-hydrogen) atoms. The first-order valence-corrected chi connectivity index (χ1v) is 7.80. The van der Waals surface area contributed by atoms with Gasteiger partial charge in [0.25, 0.3) is 11.4 Å². The van der Waals surface area contributed by atoms with Crippen molar-refractivity contribution >= 4 is 27.4 Å². The van der Waals surface area contributed by atoms with Crippen molar-refractivity contribution in [3.8, 4) is 5.75 Å². The largest absolute Gasteiger partial charge is 0.436 e.